The van der Waals surface area contributed by atoms with Gasteiger partial charge in [-0.1, -0.05) is 0 Å². The zero-order valence-corrected chi connectivity index (χ0v) is 9.52. The van der Waals surface area contributed by atoms with Gasteiger partial charge < -0.3 is 10.1 Å². The van der Waals surface area contributed by atoms with Gasteiger partial charge in [0.1, 0.15) is 6.04 Å². The Labute approximate surface area is 89.4 Å². The first-order chi connectivity index (χ1) is 7.10. The zero-order valence-electron chi connectivity index (χ0n) is 9.52. The van der Waals surface area contributed by atoms with E-state index in [-0.39, 0.29) is 18.1 Å². The van der Waals surface area contributed by atoms with Gasteiger partial charge in [0.05, 0.1) is 18.8 Å². The highest BCUT2D eigenvalue weighted by Crippen LogP contribution is 2.11. The van der Waals surface area contributed by atoms with Crippen molar-refractivity contribution in [2.24, 2.45) is 0 Å². The van der Waals surface area contributed by atoms with E-state index in [1.807, 2.05) is 26.1 Å². The van der Waals surface area contributed by atoms with Gasteiger partial charge in [-0.25, -0.2) is 0 Å². The van der Waals surface area contributed by atoms with Crippen molar-refractivity contribution in [1.29, 1.82) is 0 Å². The molecule has 0 radical (unpaired) electrons. The third kappa shape index (κ3) is 2.56. The molecule has 2 atom stereocenters. The number of likely N-dealkylation sites (N-methyl/N-ethyl adjacent to an activating group) is 1. The normalized spacial score (nSPS) is 14.7. The van der Waals surface area contributed by atoms with Crippen LogP contribution in [0.25, 0.3) is 0 Å². The van der Waals surface area contributed by atoms with Crippen molar-refractivity contribution >= 4 is 5.97 Å². The Balaban J connectivity index is 2.81. The maximum Gasteiger partial charge on any atom is 0.325 e. The van der Waals surface area contributed by atoms with Crippen molar-refractivity contribution in [3.8, 4) is 0 Å². The van der Waals surface area contributed by atoms with Gasteiger partial charge in [0.25, 0.3) is 0 Å². The number of carbonyl (C=O) groups excluding carboxylic acids is 1. The largest absolute Gasteiger partial charge is 0.468 e. The molecule has 2 unspecified atom stereocenters. The summed E-state index contributed by atoms with van der Waals surface area (Å²) < 4.78 is 6.47. The Morgan fingerprint density at radius 2 is 2.33 bits per heavy atom. The van der Waals surface area contributed by atoms with E-state index in [2.05, 4.69) is 10.4 Å². The van der Waals surface area contributed by atoms with Crippen LogP contribution in [0.4, 0.5) is 0 Å². The number of hydrogen-bond donors (Lipinski definition) is 1. The van der Waals surface area contributed by atoms with Crippen LogP contribution in [0.1, 0.15) is 18.7 Å². The van der Waals surface area contributed by atoms with Crippen molar-refractivity contribution in [3.05, 3.63) is 18.0 Å². The van der Waals surface area contributed by atoms with Crippen molar-refractivity contribution in [3.63, 3.8) is 0 Å². The fourth-order valence-electron chi connectivity index (χ4n) is 1.50. The number of methoxy groups -OCH3 is 1. The average Bonchev–Trinajstić information content (AvgIpc) is 2.65. The van der Waals surface area contributed by atoms with Gasteiger partial charge in [-0.2, -0.15) is 5.10 Å². The van der Waals surface area contributed by atoms with E-state index in [1.165, 1.54) is 7.11 Å². The highest BCUT2D eigenvalue weighted by molar-refractivity contribution is 5.76. The topological polar surface area (TPSA) is 56.1 Å². The van der Waals surface area contributed by atoms with Gasteiger partial charge in [-0.05, 0) is 27.0 Å². The summed E-state index contributed by atoms with van der Waals surface area (Å²) >= 11 is 0. The number of ether oxygens (including phenoxy) is 1. The summed E-state index contributed by atoms with van der Waals surface area (Å²) in [4.78, 5) is 11.4. The smallest absolute Gasteiger partial charge is 0.325 e. The lowest BCUT2D eigenvalue weighted by Crippen LogP contribution is -2.41. The first kappa shape index (κ1) is 11.7. The molecule has 0 aromatic carbocycles. The molecular formula is C10H17N3O2. The van der Waals surface area contributed by atoms with Crippen LogP contribution >= 0.6 is 0 Å². The third-order valence-corrected chi connectivity index (χ3v) is 2.41. The number of nitrogens with zero attached hydrogens (tertiary/aromatic N) is 2. The maximum absolute atomic E-state index is 11.4. The molecule has 1 aromatic heterocycles. The van der Waals surface area contributed by atoms with Crippen LogP contribution in [-0.2, 0) is 9.53 Å². The van der Waals surface area contributed by atoms with Crippen LogP contribution in [0.15, 0.2) is 12.3 Å². The fourth-order valence-corrected chi connectivity index (χ4v) is 1.50. The lowest BCUT2D eigenvalue weighted by atomic mass is 10.1. The molecule has 0 fully saturated rings. The number of carbonyl (C=O) groups is 1. The van der Waals surface area contributed by atoms with E-state index < -0.39 is 0 Å². The number of nitrogens with one attached hydrogen (secondary N) is 1. The van der Waals surface area contributed by atoms with Crippen LogP contribution in [0.5, 0.6) is 0 Å². The Morgan fingerprint density at radius 3 is 2.73 bits per heavy atom. The molecule has 5 nitrogen and oxygen atoms in total. The monoisotopic (exact) mass is 211 g/mol. The van der Waals surface area contributed by atoms with Crippen LogP contribution < -0.4 is 5.32 Å². The van der Waals surface area contributed by atoms with Gasteiger partial charge in [0.2, 0.25) is 0 Å². The number of esters is 1. The molecule has 1 heterocycles. The Hall–Kier alpha value is -1.36. The fraction of sp³-hybridized carbons (Fsp3) is 0.600. The van der Waals surface area contributed by atoms with Crippen molar-refractivity contribution in [1.82, 2.24) is 15.1 Å². The van der Waals surface area contributed by atoms with E-state index in [0.717, 1.165) is 5.69 Å². The van der Waals surface area contributed by atoms with Crippen LogP contribution in [0.3, 0.4) is 0 Å². The molecular weight excluding hydrogens is 194 g/mol. The van der Waals surface area contributed by atoms with E-state index in [9.17, 15) is 4.79 Å². The quantitative estimate of drug-likeness (QED) is 0.737. The van der Waals surface area contributed by atoms with Crippen LogP contribution in [0.2, 0.25) is 0 Å². The average molecular weight is 211 g/mol. The molecule has 1 aromatic rings. The Kier molecular flexibility index (Phi) is 3.85. The summed E-state index contributed by atoms with van der Waals surface area (Å²) in [5.41, 5.74) is 0.932. The number of aromatic nitrogens is 2. The van der Waals surface area contributed by atoms with E-state index in [1.54, 1.807) is 11.7 Å². The standard InChI is InChI=1S/C10H17N3O2/c1-7-5-6-13(12-7)8(2)9(11-3)10(14)15-4/h5-6,8-9,11H,1-4H3. The summed E-state index contributed by atoms with van der Waals surface area (Å²) in [6, 6.07) is 1.45. The summed E-state index contributed by atoms with van der Waals surface area (Å²) in [5, 5.41) is 7.19. The number of rotatable bonds is 4. The van der Waals surface area contributed by atoms with Crippen LogP contribution in [-0.4, -0.2) is 35.9 Å². The predicted molar refractivity (Wildman–Crippen MR) is 56.5 cm³/mol. The SMILES string of the molecule is CNC(C(=O)OC)C(C)n1ccc(C)n1. The first-order valence-corrected chi connectivity index (χ1v) is 4.87. The molecule has 1 rings (SSSR count). The molecule has 0 saturated heterocycles. The Morgan fingerprint density at radius 1 is 1.67 bits per heavy atom. The summed E-state index contributed by atoms with van der Waals surface area (Å²) in [6.07, 6.45) is 1.85. The molecule has 5 heteroatoms. The van der Waals surface area contributed by atoms with Gasteiger partial charge in [0.15, 0.2) is 0 Å². The second kappa shape index (κ2) is 4.93. The second-order valence-corrected chi connectivity index (χ2v) is 3.47. The van der Waals surface area contributed by atoms with Gasteiger partial charge in [0, 0.05) is 6.20 Å². The highest BCUT2D eigenvalue weighted by Gasteiger charge is 2.25. The van der Waals surface area contributed by atoms with E-state index in [4.69, 9.17) is 4.74 Å². The number of hydrogen-bond acceptors (Lipinski definition) is 4. The maximum atomic E-state index is 11.4. The van der Waals surface area contributed by atoms with Crippen molar-refractivity contribution in [2.45, 2.75) is 25.9 Å². The van der Waals surface area contributed by atoms with Gasteiger partial charge >= 0.3 is 5.97 Å². The minimum Gasteiger partial charge on any atom is -0.468 e. The van der Waals surface area contributed by atoms with Crippen molar-refractivity contribution in [2.75, 3.05) is 14.2 Å². The molecule has 0 aliphatic rings. The zero-order chi connectivity index (χ0) is 11.4. The molecule has 0 amide bonds. The Bertz CT molecular complexity index is 335. The molecule has 0 saturated carbocycles. The molecule has 0 bridgehead atoms. The van der Waals surface area contributed by atoms with Gasteiger partial charge in [-0.15, -0.1) is 0 Å². The lowest BCUT2D eigenvalue weighted by Gasteiger charge is -2.21. The van der Waals surface area contributed by atoms with Gasteiger partial charge in [-0.3, -0.25) is 9.48 Å². The second-order valence-electron chi connectivity index (χ2n) is 3.47. The lowest BCUT2D eigenvalue weighted by molar-refractivity contribution is -0.144. The molecule has 84 valence electrons. The van der Waals surface area contributed by atoms with E-state index >= 15 is 0 Å². The van der Waals surface area contributed by atoms with E-state index in [0.29, 0.717) is 0 Å². The third-order valence-electron chi connectivity index (χ3n) is 2.41. The summed E-state index contributed by atoms with van der Waals surface area (Å²) in [5.74, 6) is -0.279. The predicted octanol–water partition coefficient (Wildman–Crippen LogP) is 0.514. The summed E-state index contributed by atoms with van der Waals surface area (Å²) in [7, 11) is 3.11. The summed E-state index contributed by atoms with van der Waals surface area (Å²) in [6.45, 7) is 3.83. The van der Waals surface area contributed by atoms with Crippen LogP contribution in [0, 0.1) is 6.92 Å². The van der Waals surface area contributed by atoms with Crippen molar-refractivity contribution < 1.29 is 9.53 Å². The number of aryl methyl sites for hydroxylation is 1. The molecule has 1 N–H and O–H groups in total. The minimum absolute atomic E-state index is 0.0730. The molecule has 15 heavy (non-hydrogen) atoms. The highest BCUT2D eigenvalue weighted by atomic mass is 16.5. The minimum atomic E-state index is -0.380. The first-order valence-electron chi connectivity index (χ1n) is 4.87. The molecule has 0 aliphatic heterocycles. The molecule has 0 aliphatic carbocycles. The molecule has 0 spiro atoms.